The summed E-state index contributed by atoms with van der Waals surface area (Å²) in [6.45, 7) is 3.33. The second kappa shape index (κ2) is 7.51. The Morgan fingerprint density at radius 2 is 1.80 bits per heavy atom. The number of para-hydroxylation sites is 1. The van der Waals surface area contributed by atoms with Gasteiger partial charge in [-0.05, 0) is 32.3 Å². The van der Waals surface area contributed by atoms with E-state index in [0.717, 1.165) is 24.8 Å². The van der Waals surface area contributed by atoms with Crippen molar-refractivity contribution in [2.24, 2.45) is 0 Å². The Morgan fingerprint density at radius 3 is 2.52 bits per heavy atom. The number of ether oxygens (including phenoxy) is 1. The van der Waals surface area contributed by atoms with Gasteiger partial charge in [-0.1, -0.05) is 18.2 Å². The van der Waals surface area contributed by atoms with Crippen LogP contribution >= 0.6 is 0 Å². The van der Waals surface area contributed by atoms with Crippen LogP contribution in [-0.2, 0) is 20.9 Å². The summed E-state index contributed by atoms with van der Waals surface area (Å²) in [7, 11) is 0. The molecule has 1 saturated heterocycles. The monoisotopic (exact) mass is 342 g/mol. The molecule has 1 fully saturated rings. The van der Waals surface area contributed by atoms with Crippen molar-refractivity contribution in [3.05, 3.63) is 36.0 Å². The molecule has 25 heavy (non-hydrogen) atoms. The average molecular weight is 342 g/mol. The van der Waals surface area contributed by atoms with E-state index in [1.807, 2.05) is 18.2 Å². The summed E-state index contributed by atoms with van der Waals surface area (Å²) in [4.78, 5) is 38.8. The van der Waals surface area contributed by atoms with E-state index in [0.29, 0.717) is 30.6 Å². The first-order valence-corrected chi connectivity index (χ1v) is 8.69. The number of hydrogen-bond acceptors (Lipinski definition) is 4. The van der Waals surface area contributed by atoms with Crippen molar-refractivity contribution in [1.29, 1.82) is 0 Å². The summed E-state index contributed by atoms with van der Waals surface area (Å²) < 4.78 is 6.66. The van der Waals surface area contributed by atoms with Gasteiger partial charge in [-0.3, -0.25) is 14.4 Å². The summed E-state index contributed by atoms with van der Waals surface area (Å²) in [6, 6.07) is 7.29. The summed E-state index contributed by atoms with van der Waals surface area (Å²) in [5.41, 5.74) is 1.08. The highest BCUT2D eigenvalue weighted by molar-refractivity contribution is 6.44. The van der Waals surface area contributed by atoms with Crippen LogP contribution in [0.15, 0.2) is 30.5 Å². The standard InChI is InChI=1S/C19H22N2O4/c1-2-25-17(22)13-21-12-15(14-8-4-5-9-16(14)21)18(23)19(24)20-10-6-3-7-11-20/h4-5,8-9,12H,2-3,6-7,10-11,13H2,1H3. The molecule has 1 amide bonds. The lowest BCUT2D eigenvalue weighted by Gasteiger charge is -2.25. The second-order valence-corrected chi connectivity index (χ2v) is 6.17. The van der Waals surface area contributed by atoms with E-state index in [4.69, 9.17) is 4.74 Å². The summed E-state index contributed by atoms with van der Waals surface area (Å²) in [5, 5.41) is 0.683. The van der Waals surface area contributed by atoms with Crippen LogP contribution in [0.3, 0.4) is 0 Å². The van der Waals surface area contributed by atoms with E-state index in [-0.39, 0.29) is 12.5 Å². The fraction of sp³-hybridized carbons (Fsp3) is 0.421. The molecule has 0 unspecified atom stereocenters. The fourth-order valence-corrected chi connectivity index (χ4v) is 3.26. The van der Waals surface area contributed by atoms with E-state index in [9.17, 15) is 14.4 Å². The number of rotatable bonds is 5. The minimum absolute atomic E-state index is 0.0134. The molecule has 0 N–H and O–H groups in total. The zero-order chi connectivity index (χ0) is 17.8. The lowest BCUT2D eigenvalue weighted by Crippen LogP contribution is -2.40. The Bertz CT molecular complexity index is 803. The maximum Gasteiger partial charge on any atom is 0.325 e. The van der Waals surface area contributed by atoms with Crippen molar-refractivity contribution in [2.45, 2.75) is 32.7 Å². The molecule has 0 aliphatic carbocycles. The van der Waals surface area contributed by atoms with E-state index >= 15 is 0 Å². The second-order valence-electron chi connectivity index (χ2n) is 6.17. The van der Waals surface area contributed by atoms with Crippen molar-refractivity contribution < 1.29 is 19.1 Å². The number of hydrogen-bond donors (Lipinski definition) is 0. The maximum atomic E-state index is 12.8. The molecule has 1 aromatic carbocycles. The van der Waals surface area contributed by atoms with Crippen LogP contribution in [0.2, 0.25) is 0 Å². The minimum Gasteiger partial charge on any atom is -0.465 e. The van der Waals surface area contributed by atoms with Crippen LogP contribution in [0.25, 0.3) is 10.9 Å². The Kier molecular flexibility index (Phi) is 5.16. The van der Waals surface area contributed by atoms with Crippen LogP contribution in [-0.4, -0.2) is 46.8 Å². The van der Waals surface area contributed by atoms with E-state index in [2.05, 4.69) is 0 Å². The highest BCUT2D eigenvalue weighted by atomic mass is 16.5. The van der Waals surface area contributed by atoms with Gasteiger partial charge >= 0.3 is 5.97 Å². The van der Waals surface area contributed by atoms with Crippen LogP contribution in [0.4, 0.5) is 0 Å². The largest absolute Gasteiger partial charge is 0.465 e. The highest BCUT2D eigenvalue weighted by Gasteiger charge is 2.27. The van der Waals surface area contributed by atoms with Gasteiger partial charge in [0.05, 0.1) is 12.2 Å². The number of ketones is 1. The molecule has 1 aliphatic heterocycles. The Hall–Kier alpha value is -2.63. The van der Waals surface area contributed by atoms with Crippen molar-refractivity contribution >= 4 is 28.6 Å². The number of Topliss-reactive ketones (excluding diaryl/α,β-unsaturated/α-hetero) is 1. The van der Waals surface area contributed by atoms with Crippen LogP contribution < -0.4 is 0 Å². The Morgan fingerprint density at radius 1 is 1.08 bits per heavy atom. The first-order chi connectivity index (χ1) is 12.1. The molecule has 0 radical (unpaired) electrons. The normalized spacial score (nSPS) is 14.5. The first-order valence-electron chi connectivity index (χ1n) is 8.69. The predicted molar refractivity (Wildman–Crippen MR) is 93.3 cm³/mol. The minimum atomic E-state index is -0.513. The number of carbonyl (C=O) groups excluding carboxylic acids is 3. The molecule has 0 bridgehead atoms. The third-order valence-electron chi connectivity index (χ3n) is 4.48. The molecule has 0 saturated carbocycles. The third kappa shape index (κ3) is 3.57. The summed E-state index contributed by atoms with van der Waals surface area (Å²) in [6.07, 6.45) is 4.55. The van der Waals surface area contributed by atoms with Crippen molar-refractivity contribution in [2.75, 3.05) is 19.7 Å². The molecule has 132 valence electrons. The average Bonchev–Trinajstić information content (AvgIpc) is 3.00. The molecule has 0 spiro atoms. The lowest BCUT2D eigenvalue weighted by atomic mass is 10.1. The number of fused-ring (bicyclic) bond motifs is 1. The Balaban J connectivity index is 1.91. The molecule has 6 nitrogen and oxygen atoms in total. The predicted octanol–water partition coefficient (Wildman–Crippen LogP) is 2.40. The van der Waals surface area contributed by atoms with Gasteiger partial charge in [-0.25, -0.2) is 0 Å². The molecule has 2 aromatic rings. The number of nitrogens with zero attached hydrogens (tertiary/aromatic N) is 2. The molecule has 3 rings (SSSR count). The number of carbonyl (C=O) groups is 3. The van der Waals surface area contributed by atoms with Gasteiger partial charge in [0.25, 0.3) is 11.7 Å². The van der Waals surface area contributed by atoms with Gasteiger partial charge in [0.1, 0.15) is 6.54 Å². The first kappa shape index (κ1) is 17.2. The van der Waals surface area contributed by atoms with Crippen LogP contribution in [0.5, 0.6) is 0 Å². The van der Waals surface area contributed by atoms with Crippen molar-refractivity contribution in [3.8, 4) is 0 Å². The van der Waals surface area contributed by atoms with Gasteiger partial charge in [0.15, 0.2) is 0 Å². The van der Waals surface area contributed by atoms with Gasteiger partial charge in [0, 0.05) is 30.2 Å². The number of piperidine rings is 1. The Labute approximate surface area is 146 Å². The van der Waals surface area contributed by atoms with Crippen molar-refractivity contribution in [1.82, 2.24) is 9.47 Å². The molecule has 6 heteroatoms. The smallest absolute Gasteiger partial charge is 0.325 e. The lowest BCUT2D eigenvalue weighted by molar-refractivity contribution is -0.143. The van der Waals surface area contributed by atoms with Gasteiger partial charge in [-0.2, -0.15) is 0 Å². The van der Waals surface area contributed by atoms with Crippen LogP contribution in [0, 0.1) is 0 Å². The number of likely N-dealkylation sites (tertiary alicyclic amines) is 1. The van der Waals surface area contributed by atoms with Crippen molar-refractivity contribution in [3.63, 3.8) is 0 Å². The SMILES string of the molecule is CCOC(=O)Cn1cc(C(=O)C(=O)N2CCCCC2)c2ccccc21. The number of aromatic nitrogens is 1. The summed E-state index contributed by atoms with van der Waals surface area (Å²) >= 11 is 0. The quantitative estimate of drug-likeness (QED) is 0.475. The topological polar surface area (TPSA) is 68.6 Å². The van der Waals surface area contributed by atoms with E-state index < -0.39 is 11.7 Å². The fourth-order valence-electron chi connectivity index (χ4n) is 3.26. The molecule has 1 aliphatic rings. The number of esters is 1. The molecule has 1 aromatic heterocycles. The van der Waals surface area contributed by atoms with Gasteiger partial charge < -0.3 is 14.2 Å². The molecular formula is C19H22N2O4. The van der Waals surface area contributed by atoms with E-state index in [1.54, 1.807) is 28.7 Å². The molecule has 2 heterocycles. The zero-order valence-corrected chi connectivity index (χ0v) is 14.4. The number of amides is 1. The zero-order valence-electron chi connectivity index (χ0n) is 14.4. The highest BCUT2D eigenvalue weighted by Crippen LogP contribution is 2.23. The third-order valence-corrected chi connectivity index (χ3v) is 4.48. The van der Waals surface area contributed by atoms with E-state index in [1.165, 1.54) is 0 Å². The maximum absolute atomic E-state index is 12.8. The molecular weight excluding hydrogens is 320 g/mol. The number of benzene rings is 1. The summed E-state index contributed by atoms with van der Waals surface area (Å²) in [5.74, 6) is -1.34. The van der Waals surface area contributed by atoms with Gasteiger partial charge in [0.2, 0.25) is 0 Å². The molecule has 0 atom stereocenters. The van der Waals surface area contributed by atoms with Gasteiger partial charge in [-0.15, -0.1) is 0 Å². The van der Waals surface area contributed by atoms with Crippen LogP contribution in [0.1, 0.15) is 36.5 Å².